The number of halogens is 1. The van der Waals surface area contributed by atoms with Crippen molar-refractivity contribution in [2.24, 2.45) is 0 Å². The van der Waals surface area contributed by atoms with E-state index in [0.717, 1.165) is 10.2 Å². The standard InChI is InChI=1S/C11H15BrN2O2/c1-11(2,5-3-10(15)16)14-9-4-6-13-7-8(9)12/h4,6-7H,3,5H2,1-2H3,(H,13,14)(H,15,16). The molecule has 1 aromatic rings. The Morgan fingerprint density at radius 3 is 2.88 bits per heavy atom. The second-order valence-corrected chi connectivity index (χ2v) is 5.11. The number of pyridine rings is 1. The highest BCUT2D eigenvalue weighted by atomic mass is 79.9. The topological polar surface area (TPSA) is 62.2 Å². The number of hydrogen-bond donors (Lipinski definition) is 2. The van der Waals surface area contributed by atoms with Gasteiger partial charge in [-0.1, -0.05) is 0 Å². The molecular weight excluding hydrogens is 272 g/mol. The Morgan fingerprint density at radius 2 is 2.31 bits per heavy atom. The van der Waals surface area contributed by atoms with Gasteiger partial charge in [-0.15, -0.1) is 0 Å². The van der Waals surface area contributed by atoms with Crippen molar-refractivity contribution in [2.45, 2.75) is 32.2 Å². The molecule has 0 spiro atoms. The summed E-state index contributed by atoms with van der Waals surface area (Å²) in [7, 11) is 0. The quantitative estimate of drug-likeness (QED) is 0.874. The molecular formula is C11H15BrN2O2. The molecule has 0 aromatic carbocycles. The van der Waals surface area contributed by atoms with Crippen LogP contribution in [0.1, 0.15) is 26.7 Å². The van der Waals surface area contributed by atoms with Crippen LogP contribution >= 0.6 is 15.9 Å². The lowest BCUT2D eigenvalue weighted by atomic mass is 9.98. The molecule has 1 heterocycles. The average Bonchev–Trinajstić information content (AvgIpc) is 2.19. The van der Waals surface area contributed by atoms with Gasteiger partial charge in [0.15, 0.2) is 0 Å². The third-order valence-electron chi connectivity index (χ3n) is 2.21. The molecule has 0 saturated carbocycles. The highest BCUT2D eigenvalue weighted by Gasteiger charge is 2.19. The zero-order chi connectivity index (χ0) is 12.2. The molecule has 0 saturated heterocycles. The summed E-state index contributed by atoms with van der Waals surface area (Å²) < 4.78 is 0.874. The Kier molecular flexibility index (Phi) is 4.29. The fraction of sp³-hybridized carbons (Fsp3) is 0.455. The largest absolute Gasteiger partial charge is 0.481 e. The first-order chi connectivity index (χ1) is 7.41. The summed E-state index contributed by atoms with van der Waals surface area (Å²) in [6.45, 7) is 3.95. The van der Waals surface area contributed by atoms with Gasteiger partial charge in [0.05, 0.1) is 10.2 Å². The van der Waals surface area contributed by atoms with Crippen LogP contribution in [0.25, 0.3) is 0 Å². The summed E-state index contributed by atoms with van der Waals surface area (Å²) in [5.41, 5.74) is 0.660. The molecule has 0 aliphatic rings. The summed E-state index contributed by atoms with van der Waals surface area (Å²) >= 11 is 3.39. The number of hydrogen-bond acceptors (Lipinski definition) is 3. The van der Waals surface area contributed by atoms with E-state index in [0.29, 0.717) is 6.42 Å². The normalized spacial score (nSPS) is 11.2. The minimum atomic E-state index is -0.774. The Hall–Kier alpha value is -1.10. The maximum Gasteiger partial charge on any atom is 0.303 e. The number of nitrogens with zero attached hydrogens (tertiary/aromatic N) is 1. The lowest BCUT2D eigenvalue weighted by Crippen LogP contribution is -2.31. The number of nitrogens with one attached hydrogen (secondary N) is 1. The van der Waals surface area contributed by atoms with Gasteiger partial charge in [0, 0.05) is 24.4 Å². The van der Waals surface area contributed by atoms with E-state index in [1.807, 2.05) is 19.9 Å². The third-order valence-corrected chi connectivity index (χ3v) is 2.84. The molecule has 0 atom stereocenters. The van der Waals surface area contributed by atoms with Crippen molar-refractivity contribution < 1.29 is 9.90 Å². The van der Waals surface area contributed by atoms with Crippen LogP contribution in [0.4, 0.5) is 5.69 Å². The predicted octanol–water partition coefficient (Wildman–Crippen LogP) is 2.90. The van der Waals surface area contributed by atoms with Crippen molar-refractivity contribution in [1.82, 2.24) is 4.98 Å². The van der Waals surface area contributed by atoms with Gasteiger partial charge in [0.1, 0.15) is 0 Å². The molecule has 5 heteroatoms. The number of anilines is 1. The van der Waals surface area contributed by atoms with Crippen molar-refractivity contribution in [3.8, 4) is 0 Å². The number of aromatic nitrogens is 1. The average molecular weight is 287 g/mol. The van der Waals surface area contributed by atoms with E-state index in [9.17, 15) is 4.79 Å². The van der Waals surface area contributed by atoms with Crippen LogP contribution in [0.5, 0.6) is 0 Å². The Bertz CT molecular complexity index is 380. The molecule has 4 nitrogen and oxygen atoms in total. The Morgan fingerprint density at radius 1 is 1.62 bits per heavy atom. The van der Waals surface area contributed by atoms with Gasteiger partial charge in [-0.25, -0.2) is 0 Å². The molecule has 1 aromatic heterocycles. The monoisotopic (exact) mass is 286 g/mol. The van der Waals surface area contributed by atoms with E-state index < -0.39 is 5.97 Å². The summed E-state index contributed by atoms with van der Waals surface area (Å²) in [6, 6.07) is 1.85. The van der Waals surface area contributed by atoms with Crippen LogP contribution in [0.2, 0.25) is 0 Å². The van der Waals surface area contributed by atoms with E-state index in [1.165, 1.54) is 0 Å². The van der Waals surface area contributed by atoms with Gasteiger partial charge < -0.3 is 10.4 Å². The molecule has 1 rings (SSSR count). The fourth-order valence-electron chi connectivity index (χ4n) is 1.32. The number of aliphatic carboxylic acids is 1. The van der Waals surface area contributed by atoms with E-state index in [-0.39, 0.29) is 12.0 Å². The van der Waals surface area contributed by atoms with Gasteiger partial charge in [-0.05, 0) is 42.3 Å². The van der Waals surface area contributed by atoms with E-state index >= 15 is 0 Å². The molecule has 0 aliphatic carbocycles. The van der Waals surface area contributed by atoms with Crippen LogP contribution < -0.4 is 5.32 Å². The number of carbonyl (C=O) groups is 1. The Balaban J connectivity index is 2.65. The van der Waals surface area contributed by atoms with Gasteiger partial charge in [-0.3, -0.25) is 9.78 Å². The van der Waals surface area contributed by atoms with Crippen molar-refractivity contribution in [3.05, 3.63) is 22.9 Å². The van der Waals surface area contributed by atoms with Crippen molar-refractivity contribution in [3.63, 3.8) is 0 Å². The smallest absolute Gasteiger partial charge is 0.303 e. The molecule has 16 heavy (non-hydrogen) atoms. The SMILES string of the molecule is CC(C)(CCC(=O)O)Nc1ccncc1Br. The van der Waals surface area contributed by atoms with Crippen molar-refractivity contribution in [1.29, 1.82) is 0 Å². The number of carboxylic acid groups (broad SMARTS) is 1. The first-order valence-corrected chi connectivity index (χ1v) is 5.79. The third kappa shape index (κ3) is 4.18. The molecule has 0 unspecified atom stereocenters. The lowest BCUT2D eigenvalue weighted by molar-refractivity contribution is -0.137. The van der Waals surface area contributed by atoms with Crippen LogP contribution in [-0.2, 0) is 4.79 Å². The summed E-state index contributed by atoms with van der Waals surface area (Å²) in [5, 5.41) is 11.9. The molecule has 0 bridgehead atoms. The fourth-order valence-corrected chi connectivity index (χ4v) is 1.67. The maximum atomic E-state index is 10.5. The lowest BCUT2D eigenvalue weighted by Gasteiger charge is -2.27. The van der Waals surface area contributed by atoms with E-state index in [2.05, 4.69) is 26.2 Å². The van der Waals surface area contributed by atoms with Gasteiger partial charge >= 0.3 is 5.97 Å². The molecule has 0 amide bonds. The second-order valence-electron chi connectivity index (χ2n) is 4.26. The maximum absolute atomic E-state index is 10.5. The van der Waals surface area contributed by atoms with Crippen LogP contribution in [-0.4, -0.2) is 21.6 Å². The Labute approximate surface area is 103 Å². The predicted molar refractivity (Wildman–Crippen MR) is 66.5 cm³/mol. The van der Waals surface area contributed by atoms with Crippen molar-refractivity contribution >= 4 is 27.6 Å². The molecule has 0 fully saturated rings. The van der Waals surface area contributed by atoms with Crippen LogP contribution in [0.15, 0.2) is 22.9 Å². The molecule has 0 radical (unpaired) electrons. The van der Waals surface area contributed by atoms with Crippen LogP contribution in [0.3, 0.4) is 0 Å². The highest BCUT2D eigenvalue weighted by Crippen LogP contribution is 2.25. The van der Waals surface area contributed by atoms with E-state index in [1.54, 1.807) is 12.4 Å². The van der Waals surface area contributed by atoms with Gasteiger partial charge in [0.25, 0.3) is 0 Å². The number of rotatable bonds is 5. The highest BCUT2D eigenvalue weighted by molar-refractivity contribution is 9.10. The van der Waals surface area contributed by atoms with Gasteiger partial charge in [0.2, 0.25) is 0 Å². The first kappa shape index (κ1) is 13.0. The summed E-state index contributed by atoms with van der Waals surface area (Å²) in [5.74, 6) is -0.774. The molecule has 0 aliphatic heterocycles. The van der Waals surface area contributed by atoms with Gasteiger partial charge in [-0.2, -0.15) is 0 Å². The van der Waals surface area contributed by atoms with Crippen molar-refractivity contribution in [2.75, 3.05) is 5.32 Å². The minimum absolute atomic E-state index is 0.155. The zero-order valence-electron chi connectivity index (χ0n) is 9.33. The first-order valence-electron chi connectivity index (χ1n) is 5.00. The minimum Gasteiger partial charge on any atom is -0.481 e. The summed E-state index contributed by atoms with van der Waals surface area (Å²) in [4.78, 5) is 14.5. The second kappa shape index (κ2) is 5.30. The zero-order valence-corrected chi connectivity index (χ0v) is 10.9. The summed E-state index contributed by atoms with van der Waals surface area (Å²) in [6.07, 6.45) is 4.12. The van der Waals surface area contributed by atoms with Crippen LogP contribution in [0, 0.1) is 0 Å². The van der Waals surface area contributed by atoms with E-state index in [4.69, 9.17) is 5.11 Å². The number of carboxylic acids is 1. The molecule has 88 valence electrons. The molecule has 2 N–H and O–H groups in total.